The average Bonchev–Trinajstić information content (AvgIpc) is 2.91. The Bertz CT molecular complexity index is 612. The van der Waals surface area contributed by atoms with Crippen LogP contribution < -0.4 is 5.73 Å². The predicted octanol–water partition coefficient (Wildman–Crippen LogP) is 1.95. The number of hydrogen-bond acceptors (Lipinski definition) is 4. The Balaban J connectivity index is 1.57. The maximum absolute atomic E-state index is 12.3. The fourth-order valence-electron chi connectivity index (χ4n) is 3.76. The van der Waals surface area contributed by atoms with Crippen molar-refractivity contribution in [3.63, 3.8) is 0 Å². The minimum Gasteiger partial charge on any atom is -0.441 e. The van der Waals surface area contributed by atoms with Gasteiger partial charge < -0.3 is 20.3 Å². The third kappa shape index (κ3) is 3.95. The zero-order valence-corrected chi connectivity index (χ0v) is 14.8. The van der Waals surface area contributed by atoms with E-state index in [1.165, 1.54) is 5.56 Å². The van der Waals surface area contributed by atoms with E-state index in [0.29, 0.717) is 52.0 Å². The topological polar surface area (TPSA) is 75.9 Å². The highest BCUT2D eigenvalue weighted by Gasteiger charge is 2.47. The molecule has 0 aromatic heterocycles. The maximum atomic E-state index is 12.3. The van der Waals surface area contributed by atoms with Gasteiger partial charge in [0, 0.05) is 45.4 Å². The molecule has 2 aliphatic rings. The highest BCUT2D eigenvalue weighted by Crippen LogP contribution is 2.34. The van der Waals surface area contributed by atoms with E-state index in [2.05, 4.69) is 19.1 Å². The Morgan fingerprint density at radius 1 is 1.28 bits per heavy atom. The van der Waals surface area contributed by atoms with Crippen molar-refractivity contribution in [3.8, 4) is 0 Å². The second-order valence-electron chi connectivity index (χ2n) is 7.16. The summed E-state index contributed by atoms with van der Waals surface area (Å²) >= 11 is 0. The van der Waals surface area contributed by atoms with Crippen LogP contribution in [0.25, 0.3) is 0 Å². The van der Waals surface area contributed by atoms with E-state index in [9.17, 15) is 9.59 Å². The fourth-order valence-corrected chi connectivity index (χ4v) is 3.76. The lowest BCUT2D eigenvalue weighted by Crippen LogP contribution is -2.49. The molecule has 2 saturated heterocycles. The van der Waals surface area contributed by atoms with Gasteiger partial charge in [-0.25, -0.2) is 4.79 Å². The Labute approximate surface area is 148 Å². The summed E-state index contributed by atoms with van der Waals surface area (Å²) in [5, 5.41) is 0. The van der Waals surface area contributed by atoms with Gasteiger partial charge in [0.15, 0.2) is 0 Å². The summed E-state index contributed by atoms with van der Waals surface area (Å²) in [6, 6.07) is 10.2. The molecule has 0 unspecified atom stereocenters. The van der Waals surface area contributed by atoms with Gasteiger partial charge in [-0.05, 0) is 11.5 Å². The highest BCUT2D eigenvalue weighted by molar-refractivity contribution is 5.76. The number of carbonyl (C=O) groups excluding carboxylic acids is 2. The molecular formula is C19H27N3O3. The third-order valence-corrected chi connectivity index (χ3v) is 5.29. The van der Waals surface area contributed by atoms with Gasteiger partial charge in [-0.3, -0.25) is 4.79 Å². The summed E-state index contributed by atoms with van der Waals surface area (Å²) in [6.07, 6.45) is 1.55. The number of nitrogens with zero attached hydrogens (tertiary/aromatic N) is 2. The lowest BCUT2D eigenvalue weighted by Gasteiger charge is -2.37. The van der Waals surface area contributed by atoms with Crippen LogP contribution in [0.2, 0.25) is 0 Å². The van der Waals surface area contributed by atoms with Crippen molar-refractivity contribution in [2.24, 2.45) is 5.73 Å². The molecule has 6 heteroatoms. The Morgan fingerprint density at radius 2 is 1.96 bits per heavy atom. The molecule has 1 aromatic carbocycles. The number of carbonyl (C=O) groups is 2. The molecule has 1 aromatic rings. The standard InChI is InChI=1S/C19H27N3O3/c1-15(16-5-3-2-4-6-16)13-22-14-19(25-18(22)24)8-11-21(12-9-19)17(23)7-10-20/h2-6,15H,7-14,20H2,1H3/t15-/m0/s1. The molecule has 0 aliphatic carbocycles. The quantitative estimate of drug-likeness (QED) is 0.885. The monoisotopic (exact) mass is 345 g/mol. The molecule has 2 heterocycles. The van der Waals surface area contributed by atoms with Crippen LogP contribution in [0.5, 0.6) is 0 Å². The van der Waals surface area contributed by atoms with E-state index in [4.69, 9.17) is 10.5 Å². The lowest BCUT2D eigenvalue weighted by atomic mass is 9.90. The Kier molecular flexibility index (Phi) is 5.27. The van der Waals surface area contributed by atoms with E-state index in [0.717, 1.165) is 0 Å². The third-order valence-electron chi connectivity index (χ3n) is 5.29. The minimum absolute atomic E-state index is 0.0937. The number of piperidine rings is 1. The molecule has 2 amide bonds. The van der Waals surface area contributed by atoms with E-state index in [1.54, 1.807) is 0 Å². The number of ether oxygens (including phenoxy) is 1. The first kappa shape index (κ1) is 17.7. The van der Waals surface area contributed by atoms with Crippen LogP contribution in [-0.4, -0.2) is 60.1 Å². The van der Waals surface area contributed by atoms with Crippen molar-refractivity contribution >= 4 is 12.0 Å². The van der Waals surface area contributed by atoms with E-state index < -0.39 is 5.60 Å². The first-order valence-electron chi connectivity index (χ1n) is 9.04. The van der Waals surface area contributed by atoms with Crippen LogP contribution in [0.3, 0.4) is 0 Å². The lowest BCUT2D eigenvalue weighted by molar-refractivity contribution is -0.134. The molecule has 0 bridgehead atoms. The van der Waals surface area contributed by atoms with Crippen molar-refractivity contribution in [1.82, 2.24) is 9.80 Å². The van der Waals surface area contributed by atoms with Crippen LogP contribution in [0.15, 0.2) is 30.3 Å². The SMILES string of the molecule is C[C@@H](CN1CC2(CCN(C(=O)CCN)CC2)OC1=O)c1ccccc1. The van der Waals surface area contributed by atoms with Crippen LogP contribution in [-0.2, 0) is 9.53 Å². The summed E-state index contributed by atoms with van der Waals surface area (Å²) in [4.78, 5) is 27.9. The number of amides is 2. The molecule has 2 aliphatic heterocycles. The summed E-state index contributed by atoms with van der Waals surface area (Å²) in [5.74, 6) is 0.353. The van der Waals surface area contributed by atoms with E-state index in [1.807, 2.05) is 28.0 Å². The normalized spacial score (nSPS) is 20.6. The second-order valence-corrected chi connectivity index (χ2v) is 7.16. The van der Waals surface area contributed by atoms with Gasteiger partial charge in [0.25, 0.3) is 0 Å². The van der Waals surface area contributed by atoms with Crippen LogP contribution in [0.4, 0.5) is 4.79 Å². The molecule has 1 atom stereocenters. The van der Waals surface area contributed by atoms with Gasteiger partial charge in [-0.2, -0.15) is 0 Å². The molecule has 2 N–H and O–H groups in total. The molecule has 1 spiro atoms. The van der Waals surface area contributed by atoms with Gasteiger partial charge in [-0.1, -0.05) is 37.3 Å². The summed E-state index contributed by atoms with van der Waals surface area (Å²) in [7, 11) is 0. The molecule has 2 fully saturated rings. The van der Waals surface area contributed by atoms with Crippen LogP contribution in [0.1, 0.15) is 37.7 Å². The first-order valence-corrected chi connectivity index (χ1v) is 9.04. The number of rotatable bonds is 5. The molecule has 3 rings (SSSR count). The Morgan fingerprint density at radius 3 is 2.60 bits per heavy atom. The van der Waals surface area contributed by atoms with Crippen molar-refractivity contribution in [1.29, 1.82) is 0 Å². The zero-order chi connectivity index (χ0) is 17.9. The van der Waals surface area contributed by atoms with Crippen molar-refractivity contribution in [3.05, 3.63) is 35.9 Å². The number of hydrogen-bond donors (Lipinski definition) is 1. The van der Waals surface area contributed by atoms with Gasteiger partial charge >= 0.3 is 6.09 Å². The van der Waals surface area contributed by atoms with Crippen molar-refractivity contribution < 1.29 is 14.3 Å². The smallest absolute Gasteiger partial charge is 0.410 e. The summed E-state index contributed by atoms with van der Waals surface area (Å²) < 4.78 is 5.75. The van der Waals surface area contributed by atoms with Crippen molar-refractivity contribution in [2.45, 2.75) is 37.7 Å². The highest BCUT2D eigenvalue weighted by atomic mass is 16.6. The maximum Gasteiger partial charge on any atom is 0.410 e. The zero-order valence-electron chi connectivity index (χ0n) is 14.8. The van der Waals surface area contributed by atoms with Crippen LogP contribution in [0, 0.1) is 0 Å². The summed E-state index contributed by atoms with van der Waals surface area (Å²) in [5.41, 5.74) is 6.24. The van der Waals surface area contributed by atoms with Gasteiger partial charge in [0.05, 0.1) is 6.54 Å². The summed E-state index contributed by atoms with van der Waals surface area (Å²) in [6.45, 7) is 5.03. The predicted molar refractivity (Wildman–Crippen MR) is 95.1 cm³/mol. The molecule has 0 radical (unpaired) electrons. The van der Waals surface area contributed by atoms with Gasteiger partial charge in [0.2, 0.25) is 5.91 Å². The second kappa shape index (κ2) is 7.44. The molecular weight excluding hydrogens is 318 g/mol. The van der Waals surface area contributed by atoms with Crippen molar-refractivity contribution in [2.75, 3.05) is 32.7 Å². The Hall–Kier alpha value is -2.08. The number of benzene rings is 1. The largest absolute Gasteiger partial charge is 0.441 e. The molecule has 25 heavy (non-hydrogen) atoms. The number of likely N-dealkylation sites (tertiary alicyclic amines) is 1. The van der Waals surface area contributed by atoms with Crippen LogP contribution >= 0.6 is 0 Å². The van der Waals surface area contributed by atoms with Gasteiger partial charge in [0.1, 0.15) is 5.60 Å². The first-order chi connectivity index (χ1) is 12.0. The fraction of sp³-hybridized carbons (Fsp3) is 0.579. The molecule has 136 valence electrons. The average molecular weight is 345 g/mol. The van der Waals surface area contributed by atoms with Gasteiger partial charge in [-0.15, -0.1) is 0 Å². The molecule has 6 nitrogen and oxygen atoms in total. The van der Waals surface area contributed by atoms with E-state index >= 15 is 0 Å². The molecule has 0 saturated carbocycles. The minimum atomic E-state index is -0.438. The number of nitrogens with two attached hydrogens (primary N) is 1. The van der Waals surface area contributed by atoms with E-state index in [-0.39, 0.29) is 17.9 Å².